The molecular weight excluding hydrogens is 342 g/mol. The van der Waals surface area contributed by atoms with E-state index in [0.29, 0.717) is 6.04 Å². The van der Waals surface area contributed by atoms with Gasteiger partial charge in [0.05, 0.1) is 0 Å². The van der Waals surface area contributed by atoms with E-state index in [0.717, 1.165) is 58.8 Å². The second kappa shape index (κ2) is 10.8. The molecule has 28 heavy (non-hydrogen) atoms. The minimum atomic E-state index is 0.462. The zero-order valence-corrected chi connectivity index (χ0v) is 18.0. The second-order valence-corrected chi connectivity index (χ2v) is 8.00. The third kappa shape index (κ3) is 5.91. The number of hydrogen-bond donors (Lipinski definition) is 0. The van der Waals surface area contributed by atoms with Crippen molar-refractivity contribution in [2.24, 2.45) is 0 Å². The number of likely N-dealkylation sites (N-methyl/N-ethyl adjacent to an activating group) is 1. The second-order valence-electron chi connectivity index (χ2n) is 8.00. The van der Waals surface area contributed by atoms with E-state index < -0.39 is 0 Å². The van der Waals surface area contributed by atoms with Crippen molar-refractivity contribution in [3.05, 3.63) is 71.3 Å². The summed E-state index contributed by atoms with van der Waals surface area (Å²) in [6.07, 6.45) is 1.11. The highest BCUT2D eigenvalue weighted by Crippen LogP contribution is 2.20. The molecule has 0 amide bonds. The third-order valence-corrected chi connectivity index (χ3v) is 6.25. The Labute approximate surface area is 172 Å². The lowest BCUT2D eigenvalue weighted by Gasteiger charge is -2.31. The van der Waals surface area contributed by atoms with Crippen LogP contribution in [0.25, 0.3) is 0 Å². The van der Waals surface area contributed by atoms with Gasteiger partial charge in [-0.05, 0) is 36.6 Å². The van der Waals surface area contributed by atoms with Crippen molar-refractivity contribution in [1.82, 2.24) is 14.7 Å². The summed E-state index contributed by atoms with van der Waals surface area (Å²) < 4.78 is 0. The van der Waals surface area contributed by atoms with Crippen molar-refractivity contribution >= 4 is 0 Å². The highest BCUT2D eigenvalue weighted by atomic mass is 15.3. The lowest BCUT2D eigenvalue weighted by Crippen LogP contribution is -2.37. The topological polar surface area (TPSA) is 9.72 Å². The maximum atomic E-state index is 2.66. The van der Waals surface area contributed by atoms with Crippen LogP contribution >= 0.6 is 0 Å². The Hall–Kier alpha value is -1.68. The van der Waals surface area contributed by atoms with Crippen molar-refractivity contribution in [2.45, 2.75) is 39.8 Å². The third-order valence-electron chi connectivity index (χ3n) is 6.25. The van der Waals surface area contributed by atoms with Crippen LogP contribution in [0.2, 0.25) is 0 Å². The number of hydrogen-bond acceptors (Lipinski definition) is 3. The van der Waals surface area contributed by atoms with E-state index in [4.69, 9.17) is 0 Å². The molecule has 1 heterocycles. The number of aryl methyl sites for hydroxylation is 1. The molecule has 1 fully saturated rings. The van der Waals surface area contributed by atoms with Gasteiger partial charge in [-0.15, -0.1) is 0 Å². The Morgan fingerprint density at radius 3 is 1.93 bits per heavy atom. The van der Waals surface area contributed by atoms with Gasteiger partial charge >= 0.3 is 0 Å². The molecule has 1 saturated heterocycles. The van der Waals surface area contributed by atoms with E-state index in [-0.39, 0.29) is 0 Å². The first-order valence-electron chi connectivity index (χ1n) is 11.0. The fourth-order valence-corrected chi connectivity index (χ4v) is 4.10. The van der Waals surface area contributed by atoms with Crippen LogP contribution in [-0.4, -0.2) is 60.5 Å². The standard InChI is InChI=1S/C25H37N3/c1-4-23-11-13-24(14-12-23)21-27-16-15-26(5-2)17-19-28(20-18-27)22(3)25-9-7-6-8-10-25/h6-14,22H,4-5,15-21H2,1-3H3. The first-order chi connectivity index (χ1) is 13.7. The van der Waals surface area contributed by atoms with Crippen LogP contribution in [0.15, 0.2) is 54.6 Å². The molecule has 2 aromatic rings. The monoisotopic (exact) mass is 379 g/mol. The Morgan fingerprint density at radius 1 is 0.714 bits per heavy atom. The van der Waals surface area contributed by atoms with E-state index in [2.05, 4.69) is 90.1 Å². The van der Waals surface area contributed by atoms with Crippen LogP contribution in [0.3, 0.4) is 0 Å². The summed E-state index contributed by atoms with van der Waals surface area (Å²) in [5.74, 6) is 0. The quantitative estimate of drug-likeness (QED) is 0.734. The first kappa shape index (κ1) is 21.0. The molecule has 0 aliphatic carbocycles. The maximum Gasteiger partial charge on any atom is 0.0320 e. The number of benzene rings is 2. The van der Waals surface area contributed by atoms with Crippen molar-refractivity contribution in [2.75, 3.05) is 45.8 Å². The molecule has 0 aromatic heterocycles. The largest absolute Gasteiger partial charge is 0.301 e. The molecule has 0 N–H and O–H groups in total. The Kier molecular flexibility index (Phi) is 8.08. The van der Waals surface area contributed by atoms with Gasteiger partial charge < -0.3 is 4.90 Å². The Balaban J connectivity index is 1.68. The van der Waals surface area contributed by atoms with Gasteiger partial charge in [0.25, 0.3) is 0 Å². The molecule has 1 atom stereocenters. The fourth-order valence-electron chi connectivity index (χ4n) is 4.10. The summed E-state index contributed by atoms with van der Waals surface area (Å²) >= 11 is 0. The van der Waals surface area contributed by atoms with Crippen LogP contribution in [0.5, 0.6) is 0 Å². The lowest BCUT2D eigenvalue weighted by molar-refractivity contribution is 0.174. The molecule has 0 bridgehead atoms. The summed E-state index contributed by atoms with van der Waals surface area (Å²) in [6.45, 7) is 15.9. The molecule has 3 rings (SSSR count). The van der Waals surface area contributed by atoms with Gasteiger partial charge in [-0.1, -0.05) is 68.4 Å². The summed E-state index contributed by atoms with van der Waals surface area (Å²) in [6, 6.07) is 20.6. The van der Waals surface area contributed by atoms with E-state index >= 15 is 0 Å². The summed E-state index contributed by atoms with van der Waals surface area (Å²) in [4.78, 5) is 7.90. The molecule has 0 spiro atoms. The average molecular weight is 380 g/mol. The van der Waals surface area contributed by atoms with Crippen molar-refractivity contribution < 1.29 is 0 Å². The van der Waals surface area contributed by atoms with Crippen LogP contribution in [0.1, 0.15) is 43.5 Å². The molecule has 1 aliphatic heterocycles. The smallest absolute Gasteiger partial charge is 0.0320 e. The van der Waals surface area contributed by atoms with Gasteiger partial charge in [0, 0.05) is 51.9 Å². The average Bonchev–Trinajstić information content (AvgIpc) is 2.85. The zero-order chi connectivity index (χ0) is 19.8. The first-order valence-corrected chi connectivity index (χ1v) is 11.0. The molecule has 3 nitrogen and oxygen atoms in total. The highest BCUT2D eigenvalue weighted by Gasteiger charge is 2.20. The van der Waals surface area contributed by atoms with Crippen molar-refractivity contribution in [1.29, 1.82) is 0 Å². The lowest BCUT2D eigenvalue weighted by atomic mass is 10.1. The van der Waals surface area contributed by atoms with Gasteiger partial charge in [0.15, 0.2) is 0 Å². The minimum Gasteiger partial charge on any atom is -0.301 e. The van der Waals surface area contributed by atoms with E-state index in [1.807, 2.05) is 0 Å². The maximum absolute atomic E-state index is 2.66. The SMILES string of the molecule is CCc1ccc(CN2CCN(CC)CCN(C(C)c3ccccc3)CC2)cc1. The molecule has 3 heteroatoms. The predicted octanol–water partition coefficient (Wildman–Crippen LogP) is 4.45. The normalized spacial score (nSPS) is 19.0. The molecule has 0 saturated carbocycles. The van der Waals surface area contributed by atoms with E-state index in [1.165, 1.54) is 16.7 Å². The van der Waals surface area contributed by atoms with Gasteiger partial charge in [0.2, 0.25) is 0 Å². The van der Waals surface area contributed by atoms with Crippen LogP contribution in [0, 0.1) is 0 Å². The fraction of sp³-hybridized carbons (Fsp3) is 0.520. The minimum absolute atomic E-state index is 0.462. The Morgan fingerprint density at radius 2 is 1.29 bits per heavy atom. The van der Waals surface area contributed by atoms with Gasteiger partial charge in [0.1, 0.15) is 0 Å². The zero-order valence-electron chi connectivity index (χ0n) is 18.0. The molecule has 152 valence electrons. The summed E-state index contributed by atoms with van der Waals surface area (Å²) in [7, 11) is 0. The Bertz CT molecular complexity index is 683. The van der Waals surface area contributed by atoms with Crippen LogP contribution in [0.4, 0.5) is 0 Å². The summed E-state index contributed by atoms with van der Waals surface area (Å²) in [5, 5.41) is 0. The number of nitrogens with zero attached hydrogens (tertiary/aromatic N) is 3. The van der Waals surface area contributed by atoms with E-state index in [1.54, 1.807) is 0 Å². The van der Waals surface area contributed by atoms with Crippen molar-refractivity contribution in [3.63, 3.8) is 0 Å². The van der Waals surface area contributed by atoms with Crippen molar-refractivity contribution in [3.8, 4) is 0 Å². The molecule has 0 radical (unpaired) electrons. The van der Waals surface area contributed by atoms with Crippen LogP contribution in [-0.2, 0) is 13.0 Å². The summed E-state index contributed by atoms with van der Waals surface area (Å²) in [5.41, 5.74) is 4.28. The molecule has 1 unspecified atom stereocenters. The molecular formula is C25H37N3. The van der Waals surface area contributed by atoms with E-state index in [9.17, 15) is 0 Å². The molecule has 2 aromatic carbocycles. The molecule has 1 aliphatic rings. The van der Waals surface area contributed by atoms with Gasteiger partial charge in [-0.3, -0.25) is 9.80 Å². The highest BCUT2D eigenvalue weighted by molar-refractivity contribution is 5.22. The predicted molar refractivity (Wildman–Crippen MR) is 120 cm³/mol. The number of rotatable bonds is 6. The van der Waals surface area contributed by atoms with Crippen LogP contribution < -0.4 is 0 Å². The van der Waals surface area contributed by atoms with Gasteiger partial charge in [-0.25, -0.2) is 0 Å². The van der Waals surface area contributed by atoms with Gasteiger partial charge in [-0.2, -0.15) is 0 Å².